The van der Waals surface area contributed by atoms with Crippen LogP contribution in [0.1, 0.15) is 17.9 Å². The van der Waals surface area contributed by atoms with E-state index in [1.165, 1.54) is 0 Å². The van der Waals surface area contributed by atoms with Gasteiger partial charge in [0.05, 0.1) is 0 Å². The molecule has 2 unspecified atom stereocenters. The van der Waals surface area contributed by atoms with E-state index < -0.39 is 35.5 Å². The number of aliphatic carboxylic acids is 1. The molecule has 0 aromatic heterocycles. The lowest BCUT2D eigenvalue weighted by atomic mass is 9.92. The van der Waals surface area contributed by atoms with Gasteiger partial charge in [0.1, 0.15) is 17.7 Å². The summed E-state index contributed by atoms with van der Waals surface area (Å²) in [6.45, 7) is 0. The Bertz CT molecular complexity index is 469. The van der Waals surface area contributed by atoms with Gasteiger partial charge in [0.25, 0.3) is 0 Å². The topological polar surface area (TPSA) is 66.4 Å². The molecule has 1 saturated heterocycles. The summed E-state index contributed by atoms with van der Waals surface area (Å²) in [7, 11) is 0. The van der Waals surface area contributed by atoms with E-state index in [2.05, 4.69) is 5.32 Å². The minimum absolute atomic E-state index is 0.0835. The summed E-state index contributed by atoms with van der Waals surface area (Å²) in [6, 6.07) is 1.65. The van der Waals surface area contributed by atoms with Crippen molar-refractivity contribution in [1.29, 1.82) is 0 Å². The fraction of sp³-hybridized carbons (Fsp3) is 0.273. The Morgan fingerprint density at radius 3 is 2.41 bits per heavy atom. The van der Waals surface area contributed by atoms with Crippen molar-refractivity contribution < 1.29 is 23.5 Å². The third-order valence-corrected chi connectivity index (χ3v) is 2.70. The number of carbonyl (C=O) groups excluding carboxylic acids is 1. The van der Waals surface area contributed by atoms with E-state index in [4.69, 9.17) is 5.11 Å². The lowest BCUT2D eigenvalue weighted by Gasteiger charge is -2.15. The third-order valence-electron chi connectivity index (χ3n) is 2.70. The van der Waals surface area contributed by atoms with Gasteiger partial charge in [0.2, 0.25) is 5.91 Å². The standard InChI is InChI=1S/C11H9F2NO3/c12-6-1-5(2-7(13)3-6)8-4-9(15)14-10(8)11(16)17/h1-3,8,10H,4H2,(H,14,15)(H,16,17). The van der Waals surface area contributed by atoms with E-state index in [0.29, 0.717) is 6.07 Å². The van der Waals surface area contributed by atoms with E-state index >= 15 is 0 Å². The summed E-state index contributed by atoms with van der Waals surface area (Å²) in [5.74, 6) is -3.98. The maximum atomic E-state index is 13.0. The van der Waals surface area contributed by atoms with E-state index in [9.17, 15) is 18.4 Å². The molecule has 1 aromatic carbocycles. The van der Waals surface area contributed by atoms with Gasteiger partial charge in [-0.15, -0.1) is 0 Å². The number of carboxylic acids is 1. The largest absolute Gasteiger partial charge is 0.480 e. The van der Waals surface area contributed by atoms with Crippen LogP contribution in [0.4, 0.5) is 8.78 Å². The van der Waals surface area contributed by atoms with E-state index in [1.807, 2.05) is 0 Å². The summed E-state index contributed by atoms with van der Waals surface area (Å²) in [6.07, 6.45) is -0.0835. The highest BCUT2D eigenvalue weighted by Gasteiger charge is 2.38. The molecule has 90 valence electrons. The van der Waals surface area contributed by atoms with Gasteiger partial charge in [-0.2, -0.15) is 0 Å². The molecule has 1 aliphatic heterocycles. The Morgan fingerprint density at radius 1 is 1.29 bits per heavy atom. The quantitative estimate of drug-likeness (QED) is 0.812. The van der Waals surface area contributed by atoms with Crippen LogP contribution in [0.2, 0.25) is 0 Å². The number of rotatable bonds is 2. The van der Waals surface area contributed by atoms with Crippen LogP contribution in [0.5, 0.6) is 0 Å². The summed E-state index contributed by atoms with van der Waals surface area (Å²) in [4.78, 5) is 22.0. The second kappa shape index (κ2) is 4.12. The van der Waals surface area contributed by atoms with Crippen molar-refractivity contribution in [2.75, 3.05) is 0 Å². The van der Waals surface area contributed by atoms with Crippen LogP contribution in [0, 0.1) is 11.6 Å². The van der Waals surface area contributed by atoms with Gasteiger partial charge >= 0.3 is 5.97 Å². The number of carboxylic acid groups (broad SMARTS) is 1. The lowest BCUT2D eigenvalue weighted by molar-refractivity contribution is -0.140. The Kier molecular flexibility index (Phi) is 2.79. The van der Waals surface area contributed by atoms with Crippen molar-refractivity contribution in [2.24, 2.45) is 0 Å². The number of nitrogens with one attached hydrogen (secondary N) is 1. The third kappa shape index (κ3) is 2.25. The Balaban J connectivity index is 2.37. The minimum atomic E-state index is -1.22. The molecule has 1 amide bonds. The van der Waals surface area contributed by atoms with Crippen LogP contribution in [0.25, 0.3) is 0 Å². The van der Waals surface area contributed by atoms with Gasteiger partial charge in [-0.1, -0.05) is 0 Å². The number of hydrogen-bond acceptors (Lipinski definition) is 2. The molecule has 0 aliphatic carbocycles. The molecule has 2 atom stereocenters. The lowest BCUT2D eigenvalue weighted by Crippen LogP contribution is -2.36. The molecule has 17 heavy (non-hydrogen) atoms. The van der Waals surface area contributed by atoms with Gasteiger partial charge in [-0.25, -0.2) is 13.6 Å². The molecule has 1 fully saturated rings. The maximum absolute atomic E-state index is 13.0. The average molecular weight is 241 g/mol. The first-order valence-corrected chi connectivity index (χ1v) is 4.95. The molecular formula is C11H9F2NO3. The van der Waals surface area contributed by atoms with Gasteiger partial charge in [0.15, 0.2) is 0 Å². The Hall–Kier alpha value is -1.98. The monoisotopic (exact) mass is 241 g/mol. The van der Waals surface area contributed by atoms with Crippen LogP contribution in [0.3, 0.4) is 0 Å². The summed E-state index contributed by atoms with van der Waals surface area (Å²) in [5.41, 5.74) is 0.174. The molecule has 2 N–H and O–H groups in total. The number of carbonyl (C=O) groups is 2. The van der Waals surface area contributed by atoms with Crippen LogP contribution in [-0.2, 0) is 9.59 Å². The number of halogens is 2. The van der Waals surface area contributed by atoms with Gasteiger partial charge < -0.3 is 10.4 Å². The van der Waals surface area contributed by atoms with Crippen molar-refractivity contribution in [3.8, 4) is 0 Å². The Morgan fingerprint density at radius 2 is 1.88 bits per heavy atom. The SMILES string of the molecule is O=C1CC(c2cc(F)cc(F)c2)C(C(=O)O)N1. The molecule has 4 nitrogen and oxygen atoms in total. The number of hydrogen-bond donors (Lipinski definition) is 2. The van der Waals surface area contributed by atoms with Crippen molar-refractivity contribution in [3.05, 3.63) is 35.4 Å². The second-order valence-electron chi connectivity index (χ2n) is 3.90. The van der Waals surface area contributed by atoms with Crippen molar-refractivity contribution >= 4 is 11.9 Å². The van der Waals surface area contributed by atoms with E-state index in [0.717, 1.165) is 12.1 Å². The highest BCUT2D eigenvalue weighted by Crippen LogP contribution is 2.29. The number of benzene rings is 1. The first-order chi connectivity index (χ1) is 7.97. The smallest absolute Gasteiger partial charge is 0.326 e. The molecule has 2 rings (SSSR count). The second-order valence-corrected chi connectivity index (χ2v) is 3.90. The summed E-state index contributed by atoms with van der Waals surface area (Å²) < 4.78 is 26.0. The predicted octanol–water partition coefficient (Wildman–Crippen LogP) is 1.02. The highest BCUT2D eigenvalue weighted by molar-refractivity contribution is 5.89. The molecule has 1 heterocycles. The molecule has 1 aromatic rings. The van der Waals surface area contributed by atoms with Crippen LogP contribution in [0.15, 0.2) is 18.2 Å². The van der Waals surface area contributed by atoms with Crippen LogP contribution < -0.4 is 5.32 Å². The fourth-order valence-electron chi connectivity index (χ4n) is 1.98. The number of amides is 1. The first-order valence-electron chi connectivity index (χ1n) is 4.95. The molecule has 0 spiro atoms. The van der Waals surface area contributed by atoms with Crippen LogP contribution >= 0.6 is 0 Å². The van der Waals surface area contributed by atoms with E-state index in [1.54, 1.807) is 0 Å². The zero-order valence-corrected chi connectivity index (χ0v) is 8.61. The van der Waals surface area contributed by atoms with Crippen molar-refractivity contribution in [1.82, 2.24) is 5.32 Å². The molecule has 0 radical (unpaired) electrons. The average Bonchev–Trinajstić information content (AvgIpc) is 2.59. The highest BCUT2D eigenvalue weighted by atomic mass is 19.1. The van der Waals surface area contributed by atoms with Gasteiger partial charge in [-0.05, 0) is 17.7 Å². The van der Waals surface area contributed by atoms with Gasteiger partial charge in [0, 0.05) is 18.4 Å². The minimum Gasteiger partial charge on any atom is -0.480 e. The van der Waals surface area contributed by atoms with E-state index in [-0.39, 0.29) is 12.0 Å². The molecule has 6 heteroatoms. The van der Waals surface area contributed by atoms with Gasteiger partial charge in [-0.3, -0.25) is 4.79 Å². The summed E-state index contributed by atoms with van der Waals surface area (Å²) >= 11 is 0. The molecule has 0 bridgehead atoms. The fourth-order valence-corrected chi connectivity index (χ4v) is 1.98. The molecule has 0 saturated carbocycles. The Labute approximate surface area is 95.2 Å². The molecular weight excluding hydrogens is 232 g/mol. The van der Waals surface area contributed by atoms with Crippen molar-refractivity contribution in [3.63, 3.8) is 0 Å². The van der Waals surface area contributed by atoms with Crippen LogP contribution in [-0.4, -0.2) is 23.0 Å². The summed E-state index contributed by atoms with van der Waals surface area (Å²) in [5, 5.41) is 11.2. The zero-order chi connectivity index (χ0) is 12.6. The maximum Gasteiger partial charge on any atom is 0.326 e. The first kappa shape index (κ1) is 11.5. The molecule has 1 aliphatic rings. The zero-order valence-electron chi connectivity index (χ0n) is 8.61. The normalized spacial score (nSPS) is 23.5. The predicted molar refractivity (Wildman–Crippen MR) is 53.3 cm³/mol. The van der Waals surface area contributed by atoms with Crippen molar-refractivity contribution in [2.45, 2.75) is 18.4 Å².